The van der Waals surface area contributed by atoms with Crippen LogP contribution in [0, 0.1) is 11.7 Å². The van der Waals surface area contributed by atoms with Gasteiger partial charge in [0.05, 0.1) is 0 Å². The number of rotatable bonds is 7. The normalized spacial score (nSPS) is 14.5. The van der Waals surface area contributed by atoms with E-state index in [-0.39, 0.29) is 18.5 Å². The highest BCUT2D eigenvalue weighted by atomic mass is 35.5. The Morgan fingerprint density at radius 1 is 1.39 bits per heavy atom. The van der Waals surface area contributed by atoms with Crippen LogP contribution in [0.15, 0.2) is 18.2 Å². The zero-order valence-corrected chi connectivity index (χ0v) is 11.7. The van der Waals surface area contributed by atoms with Gasteiger partial charge in [0.1, 0.15) is 5.82 Å². The van der Waals surface area contributed by atoms with Crippen LogP contribution < -0.4 is 5.32 Å². The smallest absolute Gasteiger partial charge is 0.124 e. The van der Waals surface area contributed by atoms with Gasteiger partial charge in [-0.2, -0.15) is 0 Å². The van der Waals surface area contributed by atoms with E-state index in [4.69, 9.17) is 16.7 Å². The van der Waals surface area contributed by atoms with Gasteiger partial charge in [0, 0.05) is 17.7 Å². The van der Waals surface area contributed by atoms with E-state index >= 15 is 0 Å². The van der Waals surface area contributed by atoms with Crippen molar-refractivity contribution in [3.63, 3.8) is 0 Å². The van der Waals surface area contributed by atoms with Gasteiger partial charge < -0.3 is 10.4 Å². The van der Waals surface area contributed by atoms with Crippen molar-refractivity contribution < 1.29 is 9.50 Å². The first-order valence-electron chi connectivity index (χ1n) is 6.33. The molecule has 0 amide bonds. The summed E-state index contributed by atoms with van der Waals surface area (Å²) in [7, 11) is 0. The summed E-state index contributed by atoms with van der Waals surface area (Å²) in [6, 6.07) is 4.57. The van der Waals surface area contributed by atoms with Crippen molar-refractivity contribution in [3.8, 4) is 0 Å². The molecule has 0 heterocycles. The Morgan fingerprint density at radius 2 is 2.11 bits per heavy atom. The molecule has 4 heteroatoms. The summed E-state index contributed by atoms with van der Waals surface area (Å²) in [5.41, 5.74) is 0.910. The minimum atomic E-state index is -0.312. The van der Waals surface area contributed by atoms with Gasteiger partial charge in [-0.15, -0.1) is 0 Å². The zero-order chi connectivity index (χ0) is 13.5. The maximum absolute atomic E-state index is 12.9. The summed E-state index contributed by atoms with van der Waals surface area (Å²) in [6.07, 6.45) is 2.00. The average molecular weight is 274 g/mol. The molecule has 1 aromatic rings. The fraction of sp³-hybridized carbons (Fsp3) is 0.571. The third-order valence-corrected chi connectivity index (χ3v) is 3.39. The van der Waals surface area contributed by atoms with Crippen molar-refractivity contribution in [2.45, 2.75) is 32.7 Å². The van der Waals surface area contributed by atoms with Gasteiger partial charge in [0.15, 0.2) is 0 Å². The van der Waals surface area contributed by atoms with Crippen molar-refractivity contribution in [3.05, 3.63) is 34.6 Å². The van der Waals surface area contributed by atoms with Gasteiger partial charge in [0.25, 0.3) is 0 Å². The molecule has 1 rings (SSSR count). The van der Waals surface area contributed by atoms with Gasteiger partial charge >= 0.3 is 0 Å². The summed E-state index contributed by atoms with van der Waals surface area (Å²) in [4.78, 5) is 0. The number of nitrogens with one attached hydrogen (secondary N) is 1. The van der Waals surface area contributed by atoms with Crippen molar-refractivity contribution in [1.82, 2.24) is 5.32 Å². The molecule has 18 heavy (non-hydrogen) atoms. The van der Waals surface area contributed by atoms with Crippen LogP contribution in [-0.2, 0) is 0 Å². The number of hydrogen-bond acceptors (Lipinski definition) is 2. The number of benzene rings is 1. The number of aliphatic hydroxyl groups excluding tert-OH is 1. The molecule has 2 nitrogen and oxygen atoms in total. The summed E-state index contributed by atoms with van der Waals surface area (Å²) in [5.74, 6) is 0.0317. The molecule has 0 saturated heterocycles. The molecular formula is C14H21ClFNO. The lowest BCUT2D eigenvalue weighted by atomic mass is 10.1. The molecule has 0 saturated carbocycles. The van der Waals surface area contributed by atoms with Gasteiger partial charge in [-0.1, -0.05) is 24.6 Å². The van der Waals surface area contributed by atoms with Gasteiger partial charge in [-0.05, 0) is 49.9 Å². The lowest BCUT2D eigenvalue weighted by molar-refractivity contribution is 0.227. The zero-order valence-electron chi connectivity index (χ0n) is 10.9. The molecule has 0 spiro atoms. The first kappa shape index (κ1) is 15.4. The molecule has 1 aromatic carbocycles. The van der Waals surface area contributed by atoms with Crippen LogP contribution in [-0.4, -0.2) is 18.3 Å². The maximum atomic E-state index is 12.9. The quantitative estimate of drug-likeness (QED) is 0.745. The van der Waals surface area contributed by atoms with Crippen molar-refractivity contribution in [2.75, 3.05) is 13.2 Å². The van der Waals surface area contributed by atoms with Gasteiger partial charge in [0.2, 0.25) is 0 Å². The van der Waals surface area contributed by atoms with Gasteiger partial charge in [-0.25, -0.2) is 4.39 Å². The summed E-state index contributed by atoms with van der Waals surface area (Å²) < 4.78 is 12.9. The summed E-state index contributed by atoms with van der Waals surface area (Å²) >= 11 is 6.00. The van der Waals surface area contributed by atoms with Crippen molar-refractivity contribution >= 4 is 11.6 Å². The van der Waals surface area contributed by atoms with Crippen LogP contribution in [0.4, 0.5) is 4.39 Å². The van der Waals surface area contributed by atoms with Crippen LogP contribution in [0.25, 0.3) is 0 Å². The number of hydrogen-bond donors (Lipinski definition) is 2. The first-order valence-corrected chi connectivity index (χ1v) is 6.71. The van der Waals surface area contributed by atoms with Crippen LogP contribution >= 0.6 is 11.6 Å². The first-order chi connectivity index (χ1) is 8.54. The number of aliphatic hydroxyl groups is 1. The minimum Gasteiger partial charge on any atom is -0.396 e. The van der Waals surface area contributed by atoms with E-state index in [0.29, 0.717) is 10.9 Å². The second kappa shape index (κ2) is 7.72. The molecule has 0 bridgehead atoms. The third-order valence-electron chi connectivity index (χ3n) is 3.06. The Bertz CT molecular complexity index is 373. The molecule has 0 fully saturated rings. The highest BCUT2D eigenvalue weighted by molar-refractivity contribution is 6.31. The lowest BCUT2D eigenvalue weighted by Crippen LogP contribution is -2.21. The van der Waals surface area contributed by atoms with E-state index in [1.54, 1.807) is 6.07 Å². The molecule has 102 valence electrons. The molecular weight excluding hydrogens is 253 g/mol. The average Bonchev–Trinajstić information content (AvgIpc) is 2.34. The second-order valence-corrected chi connectivity index (χ2v) is 5.18. The molecule has 0 radical (unpaired) electrons. The van der Waals surface area contributed by atoms with Gasteiger partial charge in [-0.3, -0.25) is 0 Å². The van der Waals surface area contributed by atoms with Crippen LogP contribution in [0.5, 0.6) is 0 Å². The molecule has 2 N–H and O–H groups in total. The van der Waals surface area contributed by atoms with Crippen molar-refractivity contribution in [1.29, 1.82) is 0 Å². The highest BCUT2D eigenvalue weighted by Crippen LogP contribution is 2.23. The second-order valence-electron chi connectivity index (χ2n) is 4.77. The van der Waals surface area contributed by atoms with E-state index in [0.717, 1.165) is 24.9 Å². The van der Waals surface area contributed by atoms with E-state index < -0.39 is 0 Å². The van der Waals surface area contributed by atoms with Crippen molar-refractivity contribution in [2.24, 2.45) is 5.92 Å². The minimum absolute atomic E-state index is 0.0996. The Balaban J connectivity index is 2.38. The molecule has 0 aliphatic carbocycles. The summed E-state index contributed by atoms with van der Waals surface area (Å²) in [6.45, 7) is 5.13. The molecule has 0 aliphatic heterocycles. The Morgan fingerprint density at radius 3 is 2.72 bits per heavy atom. The van der Waals surface area contributed by atoms with Crippen LogP contribution in [0.1, 0.15) is 38.3 Å². The molecule has 2 unspecified atom stereocenters. The predicted molar refractivity (Wildman–Crippen MR) is 73.3 cm³/mol. The predicted octanol–water partition coefficient (Wildman–Crippen LogP) is 3.54. The molecule has 0 aliphatic rings. The lowest BCUT2D eigenvalue weighted by Gasteiger charge is -2.16. The van der Waals surface area contributed by atoms with E-state index in [9.17, 15) is 4.39 Å². The Labute approximate surface area is 113 Å². The maximum Gasteiger partial charge on any atom is 0.124 e. The largest absolute Gasteiger partial charge is 0.396 e. The molecule has 0 aromatic heterocycles. The van der Waals surface area contributed by atoms with Crippen LogP contribution in [0.2, 0.25) is 5.02 Å². The topological polar surface area (TPSA) is 32.3 Å². The fourth-order valence-electron chi connectivity index (χ4n) is 1.82. The number of halogens is 2. The molecule has 2 atom stereocenters. The standard InChI is InChI=1S/C14H21ClFNO/c1-10(9-18)4-3-7-17-11(2)13-6-5-12(16)8-14(13)15/h5-6,8,10-11,17-18H,3-4,7,9H2,1-2H3. The monoisotopic (exact) mass is 273 g/mol. The Hall–Kier alpha value is -0.640. The third kappa shape index (κ3) is 4.92. The van der Waals surface area contributed by atoms with Crippen LogP contribution in [0.3, 0.4) is 0 Å². The fourth-order valence-corrected chi connectivity index (χ4v) is 2.15. The van der Waals surface area contributed by atoms with E-state index in [1.165, 1.54) is 12.1 Å². The SMILES string of the molecule is CC(CO)CCCNC(C)c1ccc(F)cc1Cl. The van der Waals surface area contributed by atoms with E-state index in [1.807, 2.05) is 13.8 Å². The van der Waals surface area contributed by atoms with E-state index in [2.05, 4.69) is 5.32 Å². The highest BCUT2D eigenvalue weighted by Gasteiger charge is 2.09. The Kier molecular flexibility index (Phi) is 6.61. The summed E-state index contributed by atoms with van der Waals surface area (Å²) in [5, 5.41) is 12.7.